The Morgan fingerprint density at radius 3 is 2.57 bits per heavy atom. The van der Waals surface area contributed by atoms with Gasteiger partial charge in [-0.1, -0.05) is 35.9 Å². The van der Waals surface area contributed by atoms with Crippen molar-refractivity contribution in [2.24, 2.45) is 0 Å². The van der Waals surface area contributed by atoms with Crippen LogP contribution in [0.3, 0.4) is 0 Å². The largest absolute Gasteiger partial charge is 0.488 e. The van der Waals surface area contributed by atoms with Crippen LogP contribution >= 0.6 is 22.6 Å². The number of hydrogen-bond acceptors (Lipinski definition) is 4. The van der Waals surface area contributed by atoms with Gasteiger partial charge in [-0.25, -0.2) is 9.69 Å². The molecule has 0 saturated carbocycles. The molecule has 2 aromatic rings. The Hall–Kier alpha value is -2.88. The van der Waals surface area contributed by atoms with Crippen molar-refractivity contribution in [3.8, 4) is 5.75 Å². The number of carbonyl (C=O) groups is 3. The molecule has 1 saturated heterocycles. The first-order valence-corrected chi connectivity index (χ1v) is 9.45. The Labute approximate surface area is 175 Å². The minimum atomic E-state index is -1.26. The van der Waals surface area contributed by atoms with E-state index < -0.39 is 24.5 Å². The zero-order chi connectivity index (χ0) is 20.3. The van der Waals surface area contributed by atoms with Crippen LogP contribution in [0.5, 0.6) is 5.75 Å². The van der Waals surface area contributed by atoms with Gasteiger partial charge in [-0.05, 0) is 58.9 Å². The third-order valence-electron chi connectivity index (χ3n) is 4.04. The van der Waals surface area contributed by atoms with E-state index >= 15 is 0 Å². The van der Waals surface area contributed by atoms with Crippen LogP contribution in [0.15, 0.2) is 48.2 Å². The van der Waals surface area contributed by atoms with Crippen molar-refractivity contribution in [2.45, 2.75) is 13.5 Å². The summed E-state index contributed by atoms with van der Waals surface area (Å²) in [5.41, 5.74) is 2.97. The van der Waals surface area contributed by atoms with Crippen LogP contribution in [0.4, 0.5) is 4.79 Å². The van der Waals surface area contributed by atoms with E-state index in [0.29, 0.717) is 22.8 Å². The molecule has 1 aliphatic heterocycles. The second-order valence-electron chi connectivity index (χ2n) is 6.24. The minimum Gasteiger partial charge on any atom is -0.488 e. The second kappa shape index (κ2) is 8.42. The van der Waals surface area contributed by atoms with E-state index in [4.69, 9.17) is 9.84 Å². The molecule has 0 atom stereocenters. The summed E-state index contributed by atoms with van der Waals surface area (Å²) in [7, 11) is 0. The summed E-state index contributed by atoms with van der Waals surface area (Å²) in [5.74, 6) is -1.21. The summed E-state index contributed by atoms with van der Waals surface area (Å²) in [6.07, 6.45) is 1.51. The summed E-state index contributed by atoms with van der Waals surface area (Å²) in [6, 6.07) is 12.7. The van der Waals surface area contributed by atoms with Gasteiger partial charge in [0.05, 0.1) is 3.57 Å². The highest BCUT2D eigenvalue weighted by atomic mass is 127. The highest BCUT2D eigenvalue weighted by Crippen LogP contribution is 2.25. The standard InChI is InChI=1S/C20H17IN2O5/c1-12-2-4-13(5-3-12)11-28-17-7-6-14(8-15(17)21)9-16-19(26)23(10-18(24)25)20(27)22-16/h2-9H,10-11H2,1H3,(H,22,27)(H,24,25)/b16-9+. The molecule has 0 radical (unpaired) electrons. The number of halogens is 1. The van der Waals surface area contributed by atoms with Gasteiger partial charge in [0, 0.05) is 0 Å². The number of ether oxygens (including phenoxy) is 1. The fourth-order valence-corrected chi connectivity index (χ4v) is 3.28. The third kappa shape index (κ3) is 4.69. The van der Waals surface area contributed by atoms with Gasteiger partial charge in [0.25, 0.3) is 5.91 Å². The zero-order valence-corrected chi connectivity index (χ0v) is 17.1. The summed E-state index contributed by atoms with van der Waals surface area (Å²) < 4.78 is 6.69. The smallest absolute Gasteiger partial charge is 0.329 e. The van der Waals surface area contributed by atoms with Crippen molar-refractivity contribution in [1.82, 2.24) is 10.2 Å². The normalized spacial score (nSPS) is 15.1. The number of carbonyl (C=O) groups excluding carboxylic acids is 2. The van der Waals surface area contributed by atoms with Crippen LogP contribution in [0.1, 0.15) is 16.7 Å². The fourth-order valence-electron chi connectivity index (χ4n) is 2.59. The van der Waals surface area contributed by atoms with Gasteiger partial charge < -0.3 is 15.2 Å². The van der Waals surface area contributed by atoms with Crippen LogP contribution in [-0.2, 0) is 16.2 Å². The lowest BCUT2D eigenvalue weighted by atomic mass is 10.1. The van der Waals surface area contributed by atoms with Gasteiger partial charge in [0.15, 0.2) is 0 Å². The van der Waals surface area contributed by atoms with Gasteiger partial charge in [0.1, 0.15) is 24.6 Å². The molecule has 0 aliphatic carbocycles. The summed E-state index contributed by atoms with van der Waals surface area (Å²) in [4.78, 5) is 35.3. The summed E-state index contributed by atoms with van der Waals surface area (Å²) >= 11 is 2.14. The van der Waals surface area contributed by atoms with Crippen molar-refractivity contribution in [3.05, 3.63) is 68.4 Å². The Bertz CT molecular complexity index is 969. The molecule has 0 unspecified atom stereocenters. The van der Waals surface area contributed by atoms with Crippen LogP contribution in [-0.4, -0.2) is 34.5 Å². The Morgan fingerprint density at radius 1 is 1.21 bits per heavy atom. The molecule has 3 amide bonds. The second-order valence-corrected chi connectivity index (χ2v) is 7.40. The number of nitrogens with zero attached hydrogens (tertiary/aromatic N) is 1. The van der Waals surface area contributed by atoms with Gasteiger partial charge in [-0.15, -0.1) is 0 Å². The zero-order valence-electron chi connectivity index (χ0n) is 14.9. The predicted octanol–water partition coefficient (Wildman–Crippen LogP) is 3.16. The molecule has 1 aliphatic rings. The number of aliphatic carboxylic acids is 1. The number of imide groups is 1. The number of rotatable bonds is 6. The molecule has 0 bridgehead atoms. The van der Waals surface area contributed by atoms with Crippen molar-refractivity contribution in [1.29, 1.82) is 0 Å². The van der Waals surface area contributed by atoms with Crippen LogP contribution in [0, 0.1) is 10.5 Å². The lowest BCUT2D eigenvalue weighted by molar-refractivity contribution is -0.140. The first-order valence-electron chi connectivity index (χ1n) is 8.38. The molecule has 0 aromatic heterocycles. The maximum absolute atomic E-state index is 12.2. The van der Waals surface area contributed by atoms with Crippen LogP contribution in [0.2, 0.25) is 0 Å². The first kappa shape index (κ1) is 19.9. The van der Waals surface area contributed by atoms with E-state index in [1.807, 2.05) is 37.3 Å². The molecular weight excluding hydrogens is 475 g/mol. The Balaban J connectivity index is 1.71. The monoisotopic (exact) mass is 492 g/mol. The maximum Gasteiger partial charge on any atom is 0.329 e. The molecule has 8 heteroatoms. The molecule has 28 heavy (non-hydrogen) atoms. The van der Waals surface area contributed by atoms with Gasteiger partial charge in [0.2, 0.25) is 0 Å². The maximum atomic E-state index is 12.2. The molecule has 2 aromatic carbocycles. The van der Waals surface area contributed by atoms with E-state index in [1.54, 1.807) is 12.1 Å². The SMILES string of the molecule is Cc1ccc(COc2ccc(/C=C3/NC(=O)N(CC(=O)O)C3=O)cc2I)cc1. The van der Waals surface area contributed by atoms with E-state index in [-0.39, 0.29) is 5.70 Å². The Morgan fingerprint density at radius 2 is 1.93 bits per heavy atom. The number of benzene rings is 2. The molecule has 2 N–H and O–H groups in total. The van der Waals surface area contributed by atoms with Crippen molar-refractivity contribution >= 4 is 46.6 Å². The molecule has 1 heterocycles. The molecule has 1 fully saturated rings. The molecule has 3 rings (SSSR count). The Kier molecular flexibility index (Phi) is 5.98. The highest BCUT2D eigenvalue weighted by Gasteiger charge is 2.34. The van der Waals surface area contributed by atoms with E-state index in [1.165, 1.54) is 11.6 Å². The van der Waals surface area contributed by atoms with E-state index in [2.05, 4.69) is 27.9 Å². The topological polar surface area (TPSA) is 95.9 Å². The van der Waals surface area contributed by atoms with Crippen molar-refractivity contribution < 1.29 is 24.2 Å². The number of nitrogens with one attached hydrogen (secondary N) is 1. The predicted molar refractivity (Wildman–Crippen MR) is 111 cm³/mol. The number of amides is 3. The summed E-state index contributed by atoms with van der Waals surface area (Å²) in [5, 5.41) is 11.2. The highest BCUT2D eigenvalue weighted by molar-refractivity contribution is 14.1. The third-order valence-corrected chi connectivity index (χ3v) is 4.88. The number of hydrogen-bond donors (Lipinski definition) is 2. The average Bonchev–Trinajstić information content (AvgIpc) is 2.89. The summed E-state index contributed by atoms with van der Waals surface area (Å²) in [6.45, 7) is 1.79. The minimum absolute atomic E-state index is 0.0374. The van der Waals surface area contributed by atoms with Crippen molar-refractivity contribution in [2.75, 3.05) is 6.54 Å². The molecular formula is C20H17IN2O5. The first-order chi connectivity index (χ1) is 13.3. The number of carboxylic acids is 1. The quantitative estimate of drug-likeness (QED) is 0.367. The molecule has 144 valence electrons. The average molecular weight is 492 g/mol. The lowest BCUT2D eigenvalue weighted by Crippen LogP contribution is -2.35. The molecule has 7 nitrogen and oxygen atoms in total. The van der Waals surface area contributed by atoms with Gasteiger partial charge >= 0.3 is 12.0 Å². The molecule has 0 spiro atoms. The van der Waals surface area contributed by atoms with E-state index in [0.717, 1.165) is 9.13 Å². The number of carboxylic acid groups (broad SMARTS) is 1. The number of urea groups is 1. The fraction of sp³-hybridized carbons (Fsp3) is 0.150. The van der Waals surface area contributed by atoms with Crippen molar-refractivity contribution in [3.63, 3.8) is 0 Å². The van der Waals surface area contributed by atoms with Gasteiger partial charge in [-0.2, -0.15) is 0 Å². The van der Waals surface area contributed by atoms with Gasteiger partial charge in [-0.3, -0.25) is 9.59 Å². The van der Waals surface area contributed by atoms with Crippen LogP contribution in [0.25, 0.3) is 6.08 Å². The lowest BCUT2D eigenvalue weighted by Gasteiger charge is -2.09. The van der Waals surface area contributed by atoms with E-state index in [9.17, 15) is 14.4 Å². The number of aryl methyl sites for hydroxylation is 1. The van der Waals surface area contributed by atoms with Crippen LogP contribution < -0.4 is 10.1 Å².